The van der Waals surface area contributed by atoms with E-state index in [2.05, 4.69) is 20.8 Å². The molecule has 0 amide bonds. The van der Waals surface area contributed by atoms with Gasteiger partial charge < -0.3 is 14.6 Å². The zero-order valence-corrected chi connectivity index (χ0v) is 11.3. The largest absolute Gasteiger partial charge is 0.507 e. The molecule has 0 saturated heterocycles. The first-order valence-corrected chi connectivity index (χ1v) is 5.87. The molecule has 1 aromatic rings. The van der Waals surface area contributed by atoms with Crippen LogP contribution in [0.5, 0.6) is 17.2 Å². The molecule has 0 aliphatic rings. The van der Waals surface area contributed by atoms with Crippen LogP contribution in [0.4, 0.5) is 0 Å². The summed E-state index contributed by atoms with van der Waals surface area (Å²) in [7, 11) is 3.18. The first-order valence-electron chi connectivity index (χ1n) is 5.87. The number of benzene rings is 1. The number of methoxy groups -OCH3 is 2. The maximum Gasteiger partial charge on any atom is 0.129 e. The fourth-order valence-electron chi connectivity index (χ4n) is 1.69. The number of phenols is 1. The summed E-state index contributed by atoms with van der Waals surface area (Å²) in [5, 5.41) is 10.0. The Balaban J connectivity index is 3.14. The van der Waals surface area contributed by atoms with E-state index in [0.717, 1.165) is 18.4 Å². The summed E-state index contributed by atoms with van der Waals surface area (Å²) >= 11 is 0. The molecule has 3 heteroatoms. The van der Waals surface area contributed by atoms with Crippen LogP contribution in [-0.4, -0.2) is 19.3 Å². The predicted octanol–water partition coefficient (Wildman–Crippen LogP) is 3.39. The molecule has 1 rings (SSSR count). The van der Waals surface area contributed by atoms with E-state index in [1.807, 2.05) is 0 Å². The highest BCUT2D eigenvalue weighted by molar-refractivity contribution is 5.50. The van der Waals surface area contributed by atoms with Gasteiger partial charge in [-0.1, -0.05) is 27.2 Å². The smallest absolute Gasteiger partial charge is 0.129 e. The molecule has 0 unspecified atom stereocenters. The number of hydrogen-bond donors (Lipinski definition) is 1. The monoisotopic (exact) mass is 238 g/mol. The Morgan fingerprint density at radius 1 is 1.18 bits per heavy atom. The molecule has 1 N–H and O–H groups in total. The molecule has 0 spiro atoms. The van der Waals surface area contributed by atoms with Crippen LogP contribution in [-0.2, 0) is 6.42 Å². The van der Waals surface area contributed by atoms with Gasteiger partial charge in [0.1, 0.15) is 17.2 Å². The summed E-state index contributed by atoms with van der Waals surface area (Å²) in [5.74, 6) is 1.53. The highest BCUT2D eigenvalue weighted by Gasteiger charge is 2.21. The van der Waals surface area contributed by atoms with Crippen molar-refractivity contribution in [3.8, 4) is 17.2 Å². The van der Waals surface area contributed by atoms with Crippen molar-refractivity contribution in [2.24, 2.45) is 5.41 Å². The molecule has 96 valence electrons. The third-order valence-electron chi connectivity index (χ3n) is 3.23. The van der Waals surface area contributed by atoms with Crippen molar-refractivity contribution in [2.45, 2.75) is 33.6 Å². The molecule has 0 atom stereocenters. The van der Waals surface area contributed by atoms with E-state index in [-0.39, 0.29) is 11.2 Å². The molecular weight excluding hydrogens is 216 g/mol. The summed E-state index contributed by atoms with van der Waals surface area (Å²) in [6.07, 6.45) is 1.82. The fraction of sp³-hybridized carbons (Fsp3) is 0.571. The Bertz CT molecular complexity index is 383. The van der Waals surface area contributed by atoms with Crippen molar-refractivity contribution < 1.29 is 14.6 Å². The van der Waals surface area contributed by atoms with E-state index in [1.165, 1.54) is 0 Å². The van der Waals surface area contributed by atoms with Gasteiger partial charge in [0.05, 0.1) is 14.2 Å². The topological polar surface area (TPSA) is 38.7 Å². The summed E-state index contributed by atoms with van der Waals surface area (Å²) in [5.41, 5.74) is 0.986. The molecule has 0 heterocycles. The lowest BCUT2D eigenvalue weighted by atomic mass is 9.83. The molecule has 0 fully saturated rings. The minimum Gasteiger partial charge on any atom is -0.507 e. The van der Waals surface area contributed by atoms with Crippen molar-refractivity contribution in [2.75, 3.05) is 14.2 Å². The van der Waals surface area contributed by atoms with Crippen molar-refractivity contribution in [3.63, 3.8) is 0 Å². The number of phenolic OH excluding ortho intramolecular Hbond substituents is 1. The number of ether oxygens (including phenoxy) is 2. The predicted molar refractivity (Wildman–Crippen MR) is 69.0 cm³/mol. The van der Waals surface area contributed by atoms with Crippen molar-refractivity contribution in [1.29, 1.82) is 0 Å². The second-order valence-corrected chi connectivity index (χ2v) is 5.02. The minimum absolute atomic E-state index is 0.138. The van der Waals surface area contributed by atoms with Crippen molar-refractivity contribution >= 4 is 0 Å². The molecular formula is C14H22O3. The van der Waals surface area contributed by atoms with Gasteiger partial charge in [-0.25, -0.2) is 0 Å². The van der Waals surface area contributed by atoms with Crippen LogP contribution in [0.25, 0.3) is 0 Å². The molecule has 0 aliphatic heterocycles. The van der Waals surface area contributed by atoms with Crippen LogP contribution >= 0.6 is 0 Å². The van der Waals surface area contributed by atoms with E-state index < -0.39 is 0 Å². The third kappa shape index (κ3) is 3.29. The first-order chi connectivity index (χ1) is 7.93. The highest BCUT2D eigenvalue weighted by atomic mass is 16.5. The summed E-state index contributed by atoms with van der Waals surface area (Å²) in [4.78, 5) is 0. The second kappa shape index (κ2) is 5.30. The maximum atomic E-state index is 10.0. The molecule has 3 nitrogen and oxygen atoms in total. The maximum absolute atomic E-state index is 10.0. The van der Waals surface area contributed by atoms with Gasteiger partial charge in [-0.2, -0.15) is 0 Å². The first kappa shape index (κ1) is 13.7. The SMILES string of the molecule is CCC(C)(C)Cc1c(O)cc(OC)cc1OC. The van der Waals surface area contributed by atoms with E-state index in [0.29, 0.717) is 11.5 Å². The van der Waals surface area contributed by atoms with Crippen LogP contribution in [0.2, 0.25) is 0 Å². The number of aromatic hydroxyl groups is 1. The zero-order chi connectivity index (χ0) is 13.1. The zero-order valence-electron chi connectivity index (χ0n) is 11.3. The molecule has 0 aromatic heterocycles. The van der Waals surface area contributed by atoms with Crippen LogP contribution in [0.1, 0.15) is 32.8 Å². The molecule has 0 saturated carbocycles. The van der Waals surface area contributed by atoms with E-state index in [1.54, 1.807) is 26.4 Å². The van der Waals surface area contributed by atoms with E-state index in [4.69, 9.17) is 9.47 Å². The van der Waals surface area contributed by atoms with Crippen LogP contribution in [0.3, 0.4) is 0 Å². The molecule has 1 aromatic carbocycles. The van der Waals surface area contributed by atoms with E-state index >= 15 is 0 Å². The van der Waals surface area contributed by atoms with Crippen LogP contribution < -0.4 is 9.47 Å². The minimum atomic E-state index is 0.138. The quantitative estimate of drug-likeness (QED) is 0.854. The Labute approximate surface area is 103 Å². The van der Waals surface area contributed by atoms with Gasteiger partial charge in [0.15, 0.2) is 0 Å². The van der Waals surface area contributed by atoms with Gasteiger partial charge >= 0.3 is 0 Å². The van der Waals surface area contributed by atoms with Gasteiger partial charge in [-0.05, 0) is 11.8 Å². The van der Waals surface area contributed by atoms with Gasteiger partial charge in [-0.15, -0.1) is 0 Å². The summed E-state index contributed by atoms with van der Waals surface area (Å²) < 4.78 is 10.4. The van der Waals surface area contributed by atoms with Crippen molar-refractivity contribution in [1.82, 2.24) is 0 Å². The average Bonchev–Trinajstić information content (AvgIpc) is 2.31. The van der Waals surface area contributed by atoms with Gasteiger partial charge in [0.25, 0.3) is 0 Å². The lowest BCUT2D eigenvalue weighted by molar-refractivity contribution is 0.326. The fourth-order valence-corrected chi connectivity index (χ4v) is 1.69. The molecule has 0 radical (unpaired) electrons. The van der Waals surface area contributed by atoms with Crippen LogP contribution in [0.15, 0.2) is 12.1 Å². The summed E-state index contributed by atoms with van der Waals surface area (Å²) in [6, 6.07) is 3.43. The number of rotatable bonds is 5. The Morgan fingerprint density at radius 3 is 2.29 bits per heavy atom. The van der Waals surface area contributed by atoms with Crippen molar-refractivity contribution in [3.05, 3.63) is 17.7 Å². The standard InChI is InChI=1S/C14H22O3/c1-6-14(2,3)9-11-12(15)7-10(16-4)8-13(11)17-5/h7-8,15H,6,9H2,1-5H3. The van der Waals surface area contributed by atoms with Gasteiger partial charge in [0, 0.05) is 17.7 Å². The summed E-state index contributed by atoms with van der Waals surface area (Å²) in [6.45, 7) is 6.50. The van der Waals surface area contributed by atoms with Gasteiger partial charge in [0.2, 0.25) is 0 Å². The third-order valence-corrected chi connectivity index (χ3v) is 3.23. The lowest BCUT2D eigenvalue weighted by Crippen LogP contribution is -2.14. The molecule has 0 bridgehead atoms. The van der Waals surface area contributed by atoms with E-state index in [9.17, 15) is 5.11 Å². The molecule has 17 heavy (non-hydrogen) atoms. The van der Waals surface area contributed by atoms with Gasteiger partial charge in [-0.3, -0.25) is 0 Å². The highest BCUT2D eigenvalue weighted by Crippen LogP contribution is 2.38. The normalized spacial score (nSPS) is 11.4. The Hall–Kier alpha value is -1.38. The Morgan fingerprint density at radius 2 is 1.82 bits per heavy atom. The molecule has 0 aliphatic carbocycles. The lowest BCUT2D eigenvalue weighted by Gasteiger charge is -2.24. The Kier molecular flexibility index (Phi) is 4.27. The average molecular weight is 238 g/mol. The second-order valence-electron chi connectivity index (χ2n) is 5.02. The number of hydrogen-bond acceptors (Lipinski definition) is 3. The van der Waals surface area contributed by atoms with Crippen LogP contribution in [0, 0.1) is 5.41 Å².